The van der Waals surface area contributed by atoms with Gasteiger partial charge >= 0.3 is 12.1 Å². The molecule has 0 unspecified atom stereocenters. The lowest BCUT2D eigenvalue weighted by Crippen LogP contribution is -2.28. The smallest absolute Gasteiger partial charge is 0.404 e. The van der Waals surface area contributed by atoms with Gasteiger partial charge in [0.2, 0.25) is 0 Å². The Kier molecular flexibility index (Phi) is 5.40. The largest absolute Gasteiger partial charge is 0.465 e. The number of aromatic nitrogens is 5. The van der Waals surface area contributed by atoms with Crippen molar-refractivity contribution in [2.24, 2.45) is 0 Å². The van der Waals surface area contributed by atoms with Crippen LogP contribution in [0.1, 0.15) is 6.92 Å². The number of fused-ring (bicyclic) bond motifs is 1. The second-order valence-electron chi connectivity index (χ2n) is 5.50. The third-order valence-corrected chi connectivity index (χ3v) is 3.53. The van der Waals surface area contributed by atoms with Gasteiger partial charge in [-0.1, -0.05) is 0 Å². The molecule has 0 aliphatic heterocycles. The van der Waals surface area contributed by atoms with Gasteiger partial charge in [-0.05, 0) is 19.1 Å². The van der Waals surface area contributed by atoms with Crippen LogP contribution in [-0.4, -0.2) is 55.1 Å². The lowest BCUT2D eigenvalue weighted by atomic mass is 10.2. The van der Waals surface area contributed by atoms with E-state index in [4.69, 9.17) is 5.11 Å². The molecular formula is C16H18N8O3. The maximum absolute atomic E-state index is 11.6. The first-order valence-corrected chi connectivity index (χ1v) is 8.23. The van der Waals surface area contributed by atoms with E-state index in [0.29, 0.717) is 35.8 Å². The van der Waals surface area contributed by atoms with E-state index < -0.39 is 6.09 Å². The topological polar surface area (TPSA) is 147 Å². The van der Waals surface area contributed by atoms with Crippen LogP contribution in [0.5, 0.6) is 0 Å². The van der Waals surface area contributed by atoms with Crippen LogP contribution < -0.4 is 16.0 Å². The molecule has 0 saturated heterocycles. The quantitative estimate of drug-likeness (QED) is 0.511. The van der Waals surface area contributed by atoms with Crippen molar-refractivity contribution >= 4 is 29.1 Å². The normalized spacial score (nSPS) is 10.6. The van der Waals surface area contributed by atoms with Crippen molar-refractivity contribution in [2.75, 3.05) is 18.4 Å². The van der Waals surface area contributed by atoms with Gasteiger partial charge in [0.05, 0.1) is 24.6 Å². The highest BCUT2D eigenvalue weighted by atomic mass is 16.4. The van der Waals surface area contributed by atoms with E-state index in [2.05, 4.69) is 36.0 Å². The zero-order valence-corrected chi connectivity index (χ0v) is 14.5. The summed E-state index contributed by atoms with van der Waals surface area (Å²) in [6.45, 7) is 2.97. The van der Waals surface area contributed by atoms with E-state index >= 15 is 0 Å². The summed E-state index contributed by atoms with van der Waals surface area (Å²) in [5.41, 5.74) is 2.28. The summed E-state index contributed by atoms with van der Waals surface area (Å²) in [4.78, 5) is 35.2. The molecule has 0 aliphatic carbocycles. The average molecular weight is 370 g/mol. The molecule has 140 valence electrons. The van der Waals surface area contributed by atoms with Crippen molar-refractivity contribution in [3.05, 3.63) is 30.7 Å². The van der Waals surface area contributed by atoms with E-state index in [0.717, 1.165) is 5.56 Å². The highest BCUT2D eigenvalue weighted by molar-refractivity contribution is 5.89. The van der Waals surface area contributed by atoms with Crippen LogP contribution in [0.2, 0.25) is 0 Å². The van der Waals surface area contributed by atoms with Gasteiger partial charge in [-0.2, -0.15) is 5.10 Å². The van der Waals surface area contributed by atoms with Crippen molar-refractivity contribution in [3.63, 3.8) is 0 Å². The Balaban J connectivity index is 1.78. The van der Waals surface area contributed by atoms with Gasteiger partial charge in [0.15, 0.2) is 5.65 Å². The minimum atomic E-state index is -1.08. The molecule has 3 rings (SSSR count). The average Bonchev–Trinajstić information content (AvgIpc) is 3.10. The van der Waals surface area contributed by atoms with Crippen molar-refractivity contribution < 1.29 is 14.7 Å². The molecule has 0 aliphatic rings. The Morgan fingerprint density at radius 2 is 2.04 bits per heavy atom. The Morgan fingerprint density at radius 3 is 2.81 bits per heavy atom. The molecule has 3 aromatic heterocycles. The number of carbonyl (C=O) groups is 2. The number of anilines is 1. The van der Waals surface area contributed by atoms with Crippen LogP contribution in [0.15, 0.2) is 30.7 Å². The molecule has 11 heteroatoms. The summed E-state index contributed by atoms with van der Waals surface area (Å²) in [5.74, 6) is 0.371. The molecule has 0 atom stereocenters. The minimum Gasteiger partial charge on any atom is -0.465 e. The molecule has 0 spiro atoms. The summed E-state index contributed by atoms with van der Waals surface area (Å²) < 4.78 is 1.61. The second-order valence-corrected chi connectivity index (χ2v) is 5.50. The molecule has 11 nitrogen and oxygen atoms in total. The van der Waals surface area contributed by atoms with Crippen molar-refractivity contribution in [1.29, 1.82) is 0 Å². The minimum absolute atomic E-state index is 0.246. The zero-order valence-electron chi connectivity index (χ0n) is 14.5. The van der Waals surface area contributed by atoms with Crippen molar-refractivity contribution in [1.82, 2.24) is 35.4 Å². The van der Waals surface area contributed by atoms with Crippen LogP contribution >= 0.6 is 0 Å². The van der Waals surface area contributed by atoms with Crippen LogP contribution in [0.3, 0.4) is 0 Å². The second kappa shape index (κ2) is 8.08. The molecule has 3 aromatic rings. The number of hydrogen-bond acceptors (Lipinski definition) is 6. The molecule has 0 fully saturated rings. The number of nitrogens with zero attached hydrogens (tertiary/aromatic N) is 5. The summed E-state index contributed by atoms with van der Waals surface area (Å²) in [6.07, 6.45) is 3.90. The molecule has 0 radical (unpaired) electrons. The van der Waals surface area contributed by atoms with E-state index in [1.54, 1.807) is 35.4 Å². The van der Waals surface area contributed by atoms with Gasteiger partial charge in [0.25, 0.3) is 0 Å². The predicted molar refractivity (Wildman–Crippen MR) is 97.3 cm³/mol. The summed E-state index contributed by atoms with van der Waals surface area (Å²) in [5, 5.41) is 20.3. The van der Waals surface area contributed by atoms with Crippen LogP contribution in [0.25, 0.3) is 22.4 Å². The highest BCUT2D eigenvalue weighted by Crippen LogP contribution is 2.18. The molecule has 3 heterocycles. The summed E-state index contributed by atoms with van der Waals surface area (Å²) >= 11 is 0. The van der Waals surface area contributed by atoms with Crippen molar-refractivity contribution in [3.8, 4) is 11.3 Å². The number of amides is 3. The number of carbonyl (C=O) groups excluding carboxylic acids is 1. The fourth-order valence-electron chi connectivity index (χ4n) is 2.32. The van der Waals surface area contributed by atoms with E-state index in [9.17, 15) is 9.59 Å². The molecule has 0 bridgehead atoms. The van der Waals surface area contributed by atoms with Gasteiger partial charge in [-0.15, -0.1) is 0 Å². The molecule has 27 heavy (non-hydrogen) atoms. The lowest BCUT2D eigenvalue weighted by molar-refractivity contribution is 0.194. The third kappa shape index (κ3) is 4.66. The molecule has 0 saturated carbocycles. The van der Waals surface area contributed by atoms with Crippen LogP contribution in [0, 0.1) is 0 Å². The molecule has 3 amide bonds. The first-order valence-electron chi connectivity index (χ1n) is 8.23. The molecule has 4 N–H and O–H groups in total. The summed E-state index contributed by atoms with van der Waals surface area (Å²) in [7, 11) is 0. The van der Waals surface area contributed by atoms with Crippen LogP contribution in [-0.2, 0) is 6.54 Å². The fraction of sp³-hybridized carbons (Fsp3) is 0.250. The predicted octanol–water partition coefficient (Wildman–Crippen LogP) is 1.30. The standard InChI is InChI=1S/C16H18N8O3/c1-2-17-15(25)23-13-4-3-11-14(22-13)21-12(8-19-11)10-7-20-24(9-10)6-5-18-16(26)27/h3-4,7-9,18H,2,5-6H2,1H3,(H,26,27)(H2,17,21,22,23,25). The number of rotatable bonds is 6. The number of urea groups is 1. The zero-order chi connectivity index (χ0) is 19.2. The SMILES string of the molecule is CCNC(=O)Nc1ccc2ncc(-c3cnn(CCNC(=O)O)c3)nc2n1. The number of hydrogen-bond donors (Lipinski definition) is 4. The van der Waals surface area contributed by atoms with E-state index in [-0.39, 0.29) is 12.6 Å². The van der Waals surface area contributed by atoms with Crippen LogP contribution in [0.4, 0.5) is 15.4 Å². The summed E-state index contributed by atoms with van der Waals surface area (Å²) in [6, 6.07) is 3.03. The first kappa shape index (κ1) is 18.0. The number of nitrogens with one attached hydrogen (secondary N) is 3. The van der Waals surface area contributed by atoms with Crippen molar-refractivity contribution in [2.45, 2.75) is 13.5 Å². The number of pyridine rings is 1. The lowest BCUT2D eigenvalue weighted by Gasteiger charge is -2.06. The molecule has 0 aromatic carbocycles. The van der Waals surface area contributed by atoms with Gasteiger partial charge in [-0.25, -0.2) is 19.6 Å². The maximum atomic E-state index is 11.6. The first-order chi connectivity index (χ1) is 13.0. The van der Waals surface area contributed by atoms with Gasteiger partial charge in [0.1, 0.15) is 11.3 Å². The third-order valence-electron chi connectivity index (χ3n) is 3.53. The number of carboxylic acid groups (broad SMARTS) is 1. The molecular weight excluding hydrogens is 352 g/mol. The Labute approximate surface area is 153 Å². The monoisotopic (exact) mass is 370 g/mol. The van der Waals surface area contributed by atoms with Gasteiger partial charge in [0, 0.05) is 24.8 Å². The fourth-order valence-corrected chi connectivity index (χ4v) is 2.32. The van der Waals surface area contributed by atoms with Gasteiger partial charge < -0.3 is 15.7 Å². The van der Waals surface area contributed by atoms with Gasteiger partial charge in [-0.3, -0.25) is 15.0 Å². The Morgan fingerprint density at radius 1 is 1.19 bits per heavy atom. The Hall–Kier alpha value is -3.76. The van der Waals surface area contributed by atoms with E-state index in [1.807, 2.05) is 6.92 Å². The van der Waals surface area contributed by atoms with E-state index in [1.165, 1.54) is 0 Å². The highest BCUT2D eigenvalue weighted by Gasteiger charge is 2.09. The maximum Gasteiger partial charge on any atom is 0.404 e. The Bertz CT molecular complexity index is 971.